The van der Waals surface area contributed by atoms with Crippen molar-refractivity contribution in [2.24, 2.45) is 0 Å². The van der Waals surface area contributed by atoms with Crippen molar-refractivity contribution in [3.63, 3.8) is 0 Å². The van der Waals surface area contributed by atoms with Gasteiger partial charge in [-0.25, -0.2) is 14.8 Å². The summed E-state index contributed by atoms with van der Waals surface area (Å²) in [6, 6.07) is 5.11. The molecule has 8 nitrogen and oxygen atoms in total. The average molecular weight is 382 g/mol. The minimum Gasteiger partial charge on any atom is -0.486 e. The van der Waals surface area contributed by atoms with Gasteiger partial charge < -0.3 is 19.9 Å². The van der Waals surface area contributed by atoms with Gasteiger partial charge in [-0.1, -0.05) is 23.4 Å². The quantitative estimate of drug-likeness (QED) is 0.599. The number of hydrogen-bond acceptors (Lipinski definition) is 7. The highest BCUT2D eigenvalue weighted by Crippen LogP contribution is 2.32. The standard InChI is InChI=1S/C15H12ClN3O5S/c16-9-6-17-15(19-13(9)14(21)22)25-7-12(20)18-8-1-2-10-11(5-8)24-4-3-23-10/h1-2,5-6H,3-4,7H2,(H,18,20)(H,21,22). The third-order valence-corrected chi connectivity index (χ3v) is 4.22. The Hall–Kier alpha value is -2.52. The molecule has 0 saturated heterocycles. The molecule has 0 radical (unpaired) electrons. The Morgan fingerprint density at radius 1 is 1.28 bits per heavy atom. The predicted molar refractivity (Wildman–Crippen MR) is 90.8 cm³/mol. The molecule has 0 saturated carbocycles. The monoisotopic (exact) mass is 381 g/mol. The van der Waals surface area contributed by atoms with Gasteiger partial charge >= 0.3 is 5.97 Å². The number of aromatic nitrogens is 2. The van der Waals surface area contributed by atoms with Crippen LogP contribution in [0.5, 0.6) is 11.5 Å². The lowest BCUT2D eigenvalue weighted by molar-refractivity contribution is -0.113. The third kappa shape index (κ3) is 4.31. The van der Waals surface area contributed by atoms with E-state index >= 15 is 0 Å². The number of carboxylic acids is 1. The highest BCUT2D eigenvalue weighted by Gasteiger charge is 2.15. The topological polar surface area (TPSA) is 111 Å². The predicted octanol–water partition coefficient (Wildman–Crippen LogP) is 2.33. The summed E-state index contributed by atoms with van der Waals surface area (Å²) in [4.78, 5) is 30.7. The molecule has 1 aromatic heterocycles. The van der Waals surface area contributed by atoms with Crippen LogP contribution in [0.2, 0.25) is 5.02 Å². The summed E-state index contributed by atoms with van der Waals surface area (Å²) >= 11 is 6.71. The van der Waals surface area contributed by atoms with E-state index in [4.69, 9.17) is 26.2 Å². The van der Waals surface area contributed by atoms with Crippen LogP contribution in [-0.4, -0.2) is 45.9 Å². The SMILES string of the molecule is O=C(CSc1ncc(Cl)c(C(=O)O)n1)Nc1ccc2c(c1)OCCO2. The maximum absolute atomic E-state index is 12.0. The lowest BCUT2D eigenvalue weighted by atomic mass is 10.2. The molecule has 0 bridgehead atoms. The molecule has 0 spiro atoms. The van der Waals surface area contributed by atoms with Crippen molar-refractivity contribution in [3.05, 3.63) is 35.1 Å². The molecular weight excluding hydrogens is 370 g/mol. The van der Waals surface area contributed by atoms with Crippen LogP contribution in [0.25, 0.3) is 0 Å². The fraction of sp³-hybridized carbons (Fsp3) is 0.200. The first kappa shape index (κ1) is 17.3. The summed E-state index contributed by atoms with van der Waals surface area (Å²) < 4.78 is 10.9. The first-order valence-corrected chi connectivity index (χ1v) is 8.47. The molecule has 2 N–H and O–H groups in total. The zero-order valence-corrected chi connectivity index (χ0v) is 14.3. The molecule has 2 heterocycles. The average Bonchev–Trinajstić information content (AvgIpc) is 2.60. The van der Waals surface area contributed by atoms with Crippen LogP contribution < -0.4 is 14.8 Å². The second kappa shape index (κ2) is 7.58. The lowest BCUT2D eigenvalue weighted by Gasteiger charge is -2.18. The number of anilines is 1. The van der Waals surface area contributed by atoms with Crippen LogP contribution >= 0.6 is 23.4 Å². The molecule has 0 unspecified atom stereocenters. The summed E-state index contributed by atoms with van der Waals surface area (Å²) in [5.74, 6) is -0.333. The van der Waals surface area contributed by atoms with Gasteiger partial charge in [0, 0.05) is 11.8 Å². The van der Waals surface area contributed by atoms with E-state index in [9.17, 15) is 9.59 Å². The maximum Gasteiger partial charge on any atom is 0.356 e. The highest BCUT2D eigenvalue weighted by atomic mass is 35.5. The number of rotatable bonds is 5. The van der Waals surface area contributed by atoms with E-state index in [-0.39, 0.29) is 27.5 Å². The number of fused-ring (bicyclic) bond motifs is 1. The molecule has 1 aromatic carbocycles. The number of thioether (sulfide) groups is 1. The number of halogens is 1. The minimum absolute atomic E-state index is 0.00906. The summed E-state index contributed by atoms with van der Waals surface area (Å²) in [5, 5.41) is 11.8. The maximum atomic E-state index is 12.0. The van der Waals surface area contributed by atoms with Gasteiger partial charge in [0.1, 0.15) is 13.2 Å². The van der Waals surface area contributed by atoms with E-state index in [2.05, 4.69) is 15.3 Å². The Balaban J connectivity index is 1.60. The van der Waals surface area contributed by atoms with E-state index in [0.29, 0.717) is 30.4 Å². The van der Waals surface area contributed by atoms with Gasteiger partial charge in [0.05, 0.1) is 17.0 Å². The molecule has 2 aromatic rings. The highest BCUT2D eigenvalue weighted by molar-refractivity contribution is 7.99. The van der Waals surface area contributed by atoms with Crippen LogP contribution in [0.3, 0.4) is 0 Å². The van der Waals surface area contributed by atoms with Gasteiger partial charge in [0.15, 0.2) is 22.3 Å². The molecule has 1 amide bonds. The van der Waals surface area contributed by atoms with Crippen molar-refractivity contribution in [2.45, 2.75) is 5.16 Å². The van der Waals surface area contributed by atoms with Gasteiger partial charge in [-0.3, -0.25) is 4.79 Å². The summed E-state index contributed by atoms with van der Waals surface area (Å²) in [6.07, 6.45) is 1.19. The number of benzene rings is 1. The first-order chi connectivity index (χ1) is 12.0. The fourth-order valence-corrected chi connectivity index (χ4v) is 2.81. The molecule has 0 aliphatic carbocycles. The summed E-state index contributed by atoms with van der Waals surface area (Å²) in [6.45, 7) is 0.953. The second-order valence-electron chi connectivity index (χ2n) is 4.85. The van der Waals surface area contributed by atoms with Crippen LogP contribution in [0.4, 0.5) is 5.69 Å². The zero-order valence-electron chi connectivity index (χ0n) is 12.7. The Labute approximate surface area is 151 Å². The molecular formula is C15H12ClN3O5S. The number of nitrogens with one attached hydrogen (secondary N) is 1. The molecule has 1 aliphatic heterocycles. The first-order valence-electron chi connectivity index (χ1n) is 7.11. The van der Waals surface area contributed by atoms with Crippen LogP contribution in [-0.2, 0) is 4.79 Å². The number of carbonyl (C=O) groups is 2. The van der Waals surface area contributed by atoms with Crippen molar-refractivity contribution < 1.29 is 24.2 Å². The van der Waals surface area contributed by atoms with E-state index in [1.165, 1.54) is 6.20 Å². The van der Waals surface area contributed by atoms with Gasteiger partial charge in [-0.15, -0.1) is 0 Å². The molecule has 0 fully saturated rings. The van der Waals surface area contributed by atoms with Gasteiger partial charge in [-0.05, 0) is 12.1 Å². The fourth-order valence-electron chi connectivity index (χ4n) is 2.02. The third-order valence-electron chi connectivity index (χ3n) is 3.08. The van der Waals surface area contributed by atoms with E-state index in [1.807, 2.05) is 0 Å². The van der Waals surface area contributed by atoms with Crippen molar-refractivity contribution >= 4 is 40.9 Å². The van der Waals surface area contributed by atoms with Crippen LogP contribution in [0, 0.1) is 0 Å². The zero-order chi connectivity index (χ0) is 17.8. The van der Waals surface area contributed by atoms with Gasteiger partial charge in [0.2, 0.25) is 5.91 Å². The Kier molecular flexibility index (Phi) is 5.25. The Morgan fingerprint density at radius 2 is 2.04 bits per heavy atom. The number of ether oxygens (including phenoxy) is 2. The molecule has 130 valence electrons. The van der Waals surface area contributed by atoms with Crippen molar-refractivity contribution in [2.75, 3.05) is 24.3 Å². The number of carbonyl (C=O) groups excluding carboxylic acids is 1. The van der Waals surface area contributed by atoms with Crippen molar-refractivity contribution in [3.8, 4) is 11.5 Å². The second-order valence-corrected chi connectivity index (χ2v) is 6.20. The summed E-state index contributed by atoms with van der Waals surface area (Å²) in [5.41, 5.74) is 0.268. The molecule has 10 heteroatoms. The Morgan fingerprint density at radius 3 is 2.80 bits per heavy atom. The van der Waals surface area contributed by atoms with Crippen LogP contribution in [0.1, 0.15) is 10.5 Å². The van der Waals surface area contributed by atoms with E-state index in [1.54, 1.807) is 18.2 Å². The molecule has 0 atom stereocenters. The lowest BCUT2D eigenvalue weighted by Crippen LogP contribution is -2.17. The number of hydrogen-bond donors (Lipinski definition) is 2. The number of carboxylic acid groups (broad SMARTS) is 1. The number of nitrogens with zero attached hydrogens (tertiary/aromatic N) is 2. The smallest absolute Gasteiger partial charge is 0.356 e. The van der Waals surface area contributed by atoms with Gasteiger partial charge in [-0.2, -0.15) is 0 Å². The molecule has 3 rings (SSSR count). The molecule has 1 aliphatic rings. The normalized spacial score (nSPS) is 12.5. The molecule has 25 heavy (non-hydrogen) atoms. The van der Waals surface area contributed by atoms with E-state index < -0.39 is 5.97 Å². The number of amides is 1. The number of aromatic carboxylic acids is 1. The minimum atomic E-state index is -1.25. The van der Waals surface area contributed by atoms with Crippen LogP contribution in [0.15, 0.2) is 29.6 Å². The van der Waals surface area contributed by atoms with E-state index in [0.717, 1.165) is 11.8 Å². The largest absolute Gasteiger partial charge is 0.486 e. The van der Waals surface area contributed by atoms with Gasteiger partial charge in [0.25, 0.3) is 0 Å². The van der Waals surface area contributed by atoms with Crippen molar-refractivity contribution in [1.82, 2.24) is 9.97 Å². The summed E-state index contributed by atoms with van der Waals surface area (Å²) in [7, 11) is 0. The Bertz CT molecular complexity index is 833. The van der Waals surface area contributed by atoms with Crippen molar-refractivity contribution in [1.29, 1.82) is 0 Å².